The lowest BCUT2D eigenvalue weighted by Gasteiger charge is -2.36. The van der Waals surface area contributed by atoms with E-state index in [2.05, 4.69) is 11.8 Å². The first-order chi connectivity index (χ1) is 12.7. The van der Waals surface area contributed by atoms with Crippen molar-refractivity contribution in [2.24, 2.45) is 0 Å². The zero-order chi connectivity index (χ0) is 17.9. The zero-order valence-corrected chi connectivity index (χ0v) is 15.7. The quantitative estimate of drug-likeness (QED) is 0.828. The minimum Gasteiger partial charge on any atom is -0.343 e. The molecule has 0 aliphatic carbocycles. The fraction of sp³-hybridized carbons (Fsp3) is 0.571. The molecule has 2 aliphatic rings. The molecule has 0 bridgehead atoms. The number of aryl methyl sites for hydroxylation is 1. The average Bonchev–Trinajstić information content (AvgIpc) is 3.06. The van der Waals surface area contributed by atoms with E-state index in [9.17, 15) is 4.79 Å². The monoisotopic (exact) mass is 352 g/mol. The summed E-state index contributed by atoms with van der Waals surface area (Å²) in [5.41, 5.74) is 4.07. The van der Waals surface area contributed by atoms with Crippen LogP contribution in [0.25, 0.3) is 11.0 Å². The van der Waals surface area contributed by atoms with Crippen LogP contribution < -0.4 is 0 Å². The molecule has 3 heterocycles. The van der Waals surface area contributed by atoms with Crippen LogP contribution in [0, 0.1) is 6.92 Å². The molecule has 4 rings (SSSR count). The summed E-state index contributed by atoms with van der Waals surface area (Å²) >= 11 is 0. The van der Waals surface area contributed by atoms with Gasteiger partial charge in [-0.2, -0.15) is 0 Å². The second-order valence-corrected chi connectivity index (χ2v) is 7.64. The van der Waals surface area contributed by atoms with Crippen molar-refractivity contribution in [1.82, 2.24) is 19.8 Å². The number of hydrogen-bond donors (Lipinski definition) is 0. The third-order valence-corrected chi connectivity index (χ3v) is 5.85. The van der Waals surface area contributed by atoms with Crippen molar-refractivity contribution >= 4 is 16.9 Å². The van der Waals surface area contributed by atoms with Gasteiger partial charge in [-0.25, -0.2) is 9.97 Å². The molecule has 2 aromatic rings. The molecule has 1 amide bonds. The molecule has 2 fully saturated rings. The van der Waals surface area contributed by atoms with E-state index in [0.29, 0.717) is 11.9 Å². The maximum absolute atomic E-state index is 11.9. The SMILES string of the molecule is Cc1nc2ccccc2nc1CN1CCCC[C@H]1CCN1CCCC1=O. The first-order valence-electron chi connectivity index (χ1n) is 9.95. The summed E-state index contributed by atoms with van der Waals surface area (Å²) in [4.78, 5) is 26.1. The predicted molar refractivity (Wildman–Crippen MR) is 103 cm³/mol. The third-order valence-electron chi connectivity index (χ3n) is 5.85. The molecule has 0 unspecified atom stereocenters. The number of hydrogen-bond acceptors (Lipinski definition) is 4. The number of amides is 1. The Morgan fingerprint density at radius 2 is 1.88 bits per heavy atom. The lowest BCUT2D eigenvalue weighted by atomic mass is 9.98. The Balaban J connectivity index is 1.46. The Kier molecular flexibility index (Phi) is 5.16. The van der Waals surface area contributed by atoms with Gasteiger partial charge in [0.15, 0.2) is 0 Å². The van der Waals surface area contributed by atoms with Gasteiger partial charge in [0.25, 0.3) is 0 Å². The van der Waals surface area contributed by atoms with Crippen LogP contribution in [0.5, 0.6) is 0 Å². The van der Waals surface area contributed by atoms with Crippen molar-refractivity contribution in [2.75, 3.05) is 19.6 Å². The van der Waals surface area contributed by atoms with Gasteiger partial charge >= 0.3 is 0 Å². The van der Waals surface area contributed by atoms with Crippen molar-refractivity contribution in [3.63, 3.8) is 0 Å². The molecule has 2 aliphatic heterocycles. The highest BCUT2D eigenvalue weighted by atomic mass is 16.2. The van der Waals surface area contributed by atoms with Crippen LogP contribution in [0.15, 0.2) is 24.3 Å². The molecule has 2 saturated heterocycles. The number of carbonyl (C=O) groups excluding carboxylic acids is 1. The van der Waals surface area contributed by atoms with Crippen LogP contribution in [0.4, 0.5) is 0 Å². The number of rotatable bonds is 5. The van der Waals surface area contributed by atoms with Crippen molar-refractivity contribution in [1.29, 1.82) is 0 Å². The van der Waals surface area contributed by atoms with Gasteiger partial charge in [-0.3, -0.25) is 9.69 Å². The summed E-state index contributed by atoms with van der Waals surface area (Å²) in [5.74, 6) is 0.337. The summed E-state index contributed by atoms with van der Waals surface area (Å²) < 4.78 is 0. The number of fused-ring (bicyclic) bond motifs is 1. The zero-order valence-electron chi connectivity index (χ0n) is 15.7. The van der Waals surface area contributed by atoms with Crippen molar-refractivity contribution < 1.29 is 4.79 Å². The highest BCUT2D eigenvalue weighted by Gasteiger charge is 2.26. The van der Waals surface area contributed by atoms with E-state index in [0.717, 1.165) is 67.9 Å². The van der Waals surface area contributed by atoms with E-state index in [4.69, 9.17) is 9.97 Å². The van der Waals surface area contributed by atoms with E-state index < -0.39 is 0 Å². The van der Waals surface area contributed by atoms with E-state index >= 15 is 0 Å². The normalized spacial score (nSPS) is 21.7. The molecule has 1 aromatic carbocycles. The number of piperidine rings is 1. The summed E-state index contributed by atoms with van der Waals surface area (Å²) in [6.07, 6.45) is 6.60. The van der Waals surface area contributed by atoms with Gasteiger partial charge in [0, 0.05) is 32.1 Å². The second kappa shape index (κ2) is 7.70. The fourth-order valence-corrected chi connectivity index (χ4v) is 4.31. The Hall–Kier alpha value is -2.01. The summed E-state index contributed by atoms with van der Waals surface area (Å²) in [7, 11) is 0. The molecule has 1 aromatic heterocycles. The number of benzene rings is 1. The lowest BCUT2D eigenvalue weighted by molar-refractivity contribution is -0.127. The molecule has 5 nitrogen and oxygen atoms in total. The Morgan fingerprint density at radius 3 is 2.65 bits per heavy atom. The first kappa shape index (κ1) is 17.4. The molecule has 0 N–H and O–H groups in total. The number of likely N-dealkylation sites (tertiary alicyclic amines) is 2. The number of para-hydroxylation sites is 2. The van der Waals surface area contributed by atoms with Crippen LogP contribution in [0.3, 0.4) is 0 Å². The van der Waals surface area contributed by atoms with Gasteiger partial charge < -0.3 is 4.90 Å². The highest BCUT2D eigenvalue weighted by molar-refractivity contribution is 5.78. The van der Waals surface area contributed by atoms with Crippen LogP contribution in [0.2, 0.25) is 0 Å². The standard InChI is InChI=1S/C21H28N4O/c1-16-20(23-19-9-3-2-8-18(19)22-16)15-25-12-5-4-7-17(25)11-14-24-13-6-10-21(24)26/h2-3,8-9,17H,4-7,10-15H2,1H3/t17-/m0/s1. The number of aromatic nitrogens is 2. The third kappa shape index (κ3) is 3.73. The van der Waals surface area contributed by atoms with Gasteiger partial charge in [-0.1, -0.05) is 18.6 Å². The van der Waals surface area contributed by atoms with E-state index in [1.807, 2.05) is 29.2 Å². The van der Waals surface area contributed by atoms with Crippen molar-refractivity contribution in [3.05, 3.63) is 35.7 Å². The van der Waals surface area contributed by atoms with Gasteiger partial charge in [-0.15, -0.1) is 0 Å². The average molecular weight is 352 g/mol. The Morgan fingerprint density at radius 1 is 1.08 bits per heavy atom. The maximum atomic E-state index is 11.9. The van der Waals surface area contributed by atoms with Crippen LogP contribution in [-0.4, -0.2) is 51.4 Å². The summed E-state index contributed by atoms with van der Waals surface area (Å²) in [6.45, 7) is 5.90. The van der Waals surface area contributed by atoms with Crippen molar-refractivity contribution in [2.45, 2.75) is 58.0 Å². The van der Waals surface area contributed by atoms with E-state index in [1.54, 1.807) is 0 Å². The molecule has 138 valence electrons. The van der Waals surface area contributed by atoms with Gasteiger partial charge in [0.1, 0.15) is 0 Å². The molecule has 0 saturated carbocycles. The fourth-order valence-electron chi connectivity index (χ4n) is 4.31. The number of nitrogens with zero attached hydrogens (tertiary/aromatic N) is 4. The maximum Gasteiger partial charge on any atom is 0.222 e. The predicted octanol–water partition coefficient (Wildman–Crippen LogP) is 3.31. The molecule has 1 atom stereocenters. The largest absolute Gasteiger partial charge is 0.343 e. The second-order valence-electron chi connectivity index (χ2n) is 7.64. The summed E-state index contributed by atoms with van der Waals surface area (Å²) in [6, 6.07) is 8.64. The van der Waals surface area contributed by atoms with Crippen LogP contribution in [-0.2, 0) is 11.3 Å². The van der Waals surface area contributed by atoms with Crippen LogP contribution in [0.1, 0.15) is 49.9 Å². The van der Waals surface area contributed by atoms with Crippen LogP contribution >= 0.6 is 0 Å². The minimum atomic E-state index is 0.337. The molecule has 5 heteroatoms. The topological polar surface area (TPSA) is 49.3 Å². The van der Waals surface area contributed by atoms with Gasteiger partial charge in [0.05, 0.1) is 22.4 Å². The van der Waals surface area contributed by atoms with Gasteiger partial charge in [-0.05, 0) is 51.3 Å². The molecular weight excluding hydrogens is 324 g/mol. The van der Waals surface area contributed by atoms with Crippen molar-refractivity contribution in [3.8, 4) is 0 Å². The molecule has 0 radical (unpaired) electrons. The van der Waals surface area contributed by atoms with E-state index in [-0.39, 0.29) is 0 Å². The Labute approximate surface area is 155 Å². The number of carbonyl (C=O) groups is 1. The van der Waals surface area contributed by atoms with Gasteiger partial charge in [0.2, 0.25) is 5.91 Å². The highest BCUT2D eigenvalue weighted by Crippen LogP contribution is 2.24. The molecular formula is C21H28N4O. The molecule has 26 heavy (non-hydrogen) atoms. The minimum absolute atomic E-state index is 0.337. The lowest BCUT2D eigenvalue weighted by Crippen LogP contribution is -2.41. The summed E-state index contributed by atoms with van der Waals surface area (Å²) in [5, 5.41) is 0. The van der Waals surface area contributed by atoms with E-state index in [1.165, 1.54) is 19.3 Å². The smallest absolute Gasteiger partial charge is 0.222 e. The Bertz CT molecular complexity index is 791. The first-order valence-corrected chi connectivity index (χ1v) is 9.95. The molecule has 0 spiro atoms.